The summed E-state index contributed by atoms with van der Waals surface area (Å²) in [6.45, 7) is 4.42. The summed E-state index contributed by atoms with van der Waals surface area (Å²) in [4.78, 5) is 28.4. The molecule has 1 fully saturated rings. The van der Waals surface area contributed by atoms with Gasteiger partial charge >= 0.3 is 11.8 Å². The molecule has 2 aliphatic rings. The van der Waals surface area contributed by atoms with E-state index in [9.17, 15) is 9.59 Å². The second-order valence-electron chi connectivity index (χ2n) is 7.05. The van der Waals surface area contributed by atoms with E-state index in [1.165, 1.54) is 0 Å². The Balaban J connectivity index is 1.63. The number of hydrogen-bond donors (Lipinski definition) is 2. The van der Waals surface area contributed by atoms with E-state index in [1.807, 2.05) is 37.2 Å². The summed E-state index contributed by atoms with van der Waals surface area (Å²) in [7, 11) is 3.81. The van der Waals surface area contributed by atoms with E-state index in [-0.39, 0.29) is 12.8 Å². The largest absolute Gasteiger partial charge is 0.454 e. The minimum absolute atomic E-state index is 0.0862. The van der Waals surface area contributed by atoms with Crippen LogP contribution in [0.25, 0.3) is 0 Å². The minimum Gasteiger partial charge on any atom is -0.454 e. The van der Waals surface area contributed by atoms with Crippen LogP contribution < -0.4 is 20.1 Å². The third-order valence-corrected chi connectivity index (χ3v) is 4.77. The van der Waals surface area contributed by atoms with Crippen molar-refractivity contribution in [1.29, 1.82) is 0 Å². The number of morpholine rings is 1. The Morgan fingerprint density at radius 2 is 1.82 bits per heavy atom. The van der Waals surface area contributed by atoms with Gasteiger partial charge < -0.3 is 29.7 Å². The number of rotatable bonds is 7. The summed E-state index contributed by atoms with van der Waals surface area (Å²) >= 11 is 0. The highest BCUT2D eigenvalue weighted by Gasteiger charge is 2.26. The molecule has 2 amide bonds. The number of nitrogens with one attached hydrogen (secondary N) is 2. The first-order chi connectivity index (χ1) is 13.5. The Labute approximate surface area is 164 Å². The van der Waals surface area contributed by atoms with Crippen molar-refractivity contribution in [2.45, 2.75) is 6.04 Å². The molecule has 0 spiro atoms. The molecule has 0 unspecified atom stereocenters. The normalized spacial score (nSPS) is 17.4. The number of nitrogens with zero attached hydrogens (tertiary/aromatic N) is 2. The standard InChI is InChI=1S/C19H28N4O5/c1-22(2)6-5-20-18(24)19(25)21-12-15(23-7-9-26-10-8-23)14-3-4-16-17(11-14)28-13-27-16/h3-4,11,15H,5-10,12-13H2,1-2H3,(H,20,24)(H,21,25)/t15-/m1/s1. The van der Waals surface area contributed by atoms with Crippen LogP contribution in [0.5, 0.6) is 11.5 Å². The Bertz CT molecular complexity index is 691. The first-order valence-electron chi connectivity index (χ1n) is 9.46. The van der Waals surface area contributed by atoms with Gasteiger partial charge in [-0.15, -0.1) is 0 Å². The Morgan fingerprint density at radius 1 is 1.11 bits per heavy atom. The van der Waals surface area contributed by atoms with Crippen molar-refractivity contribution in [3.05, 3.63) is 23.8 Å². The summed E-state index contributed by atoms with van der Waals surface area (Å²) in [5.41, 5.74) is 1.000. The lowest BCUT2D eigenvalue weighted by molar-refractivity contribution is -0.139. The Kier molecular flexibility index (Phi) is 7.07. The molecule has 0 bridgehead atoms. The summed E-state index contributed by atoms with van der Waals surface area (Å²) in [5.74, 6) is 0.170. The van der Waals surface area contributed by atoms with Gasteiger partial charge in [0.15, 0.2) is 11.5 Å². The van der Waals surface area contributed by atoms with Gasteiger partial charge in [-0.05, 0) is 31.8 Å². The average molecular weight is 392 g/mol. The molecule has 2 N–H and O–H groups in total. The fourth-order valence-corrected chi connectivity index (χ4v) is 3.21. The summed E-state index contributed by atoms with van der Waals surface area (Å²) in [5, 5.41) is 5.39. The van der Waals surface area contributed by atoms with Gasteiger partial charge in [0, 0.05) is 32.7 Å². The lowest BCUT2D eigenvalue weighted by Crippen LogP contribution is -2.47. The maximum atomic E-state index is 12.2. The van der Waals surface area contributed by atoms with Gasteiger partial charge in [0.1, 0.15) is 0 Å². The molecule has 9 nitrogen and oxygen atoms in total. The molecular formula is C19H28N4O5. The highest BCUT2D eigenvalue weighted by Crippen LogP contribution is 2.35. The molecular weight excluding hydrogens is 364 g/mol. The fraction of sp³-hybridized carbons (Fsp3) is 0.579. The zero-order chi connectivity index (χ0) is 19.9. The maximum Gasteiger partial charge on any atom is 0.309 e. The third kappa shape index (κ3) is 5.34. The van der Waals surface area contributed by atoms with E-state index < -0.39 is 11.8 Å². The number of carbonyl (C=O) groups is 2. The van der Waals surface area contributed by atoms with Crippen LogP contribution in [0, 0.1) is 0 Å². The van der Waals surface area contributed by atoms with Crippen molar-refractivity contribution in [3.63, 3.8) is 0 Å². The number of ether oxygens (including phenoxy) is 3. The van der Waals surface area contributed by atoms with Crippen LogP contribution in [0.4, 0.5) is 0 Å². The van der Waals surface area contributed by atoms with Crippen molar-refractivity contribution < 1.29 is 23.8 Å². The van der Waals surface area contributed by atoms with Gasteiger partial charge in [0.05, 0.1) is 19.3 Å². The molecule has 2 heterocycles. The van der Waals surface area contributed by atoms with Crippen LogP contribution in [-0.2, 0) is 14.3 Å². The predicted molar refractivity (Wildman–Crippen MR) is 102 cm³/mol. The topological polar surface area (TPSA) is 92.4 Å². The van der Waals surface area contributed by atoms with Crippen LogP contribution >= 0.6 is 0 Å². The van der Waals surface area contributed by atoms with Crippen molar-refractivity contribution >= 4 is 11.8 Å². The van der Waals surface area contributed by atoms with Crippen LogP contribution in [0.3, 0.4) is 0 Å². The highest BCUT2D eigenvalue weighted by atomic mass is 16.7. The summed E-state index contributed by atoms with van der Waals surface area (Å²) in [6.07, 6.45) is 0. The molecule has 1 atom stereocenters. The molecule has 2 aliphatic heterocycles. The van der Waals surface area contributed by atoms with Gasteiger partial charge in [-0.25, -0.2) is 0 Å². The number of carbonyl (C=O) groups excluding carboxylic acids is 2. The second-order valence-corrected chi connectivity index (χ2v) is 7.05. The SMILES string of the molecule is CN(C)CCNC(=O)C(=O)NC[C@H](c1ccc2c(c1)OCO2)N1CCOCC1. The van der Waals surface area contributed by atoms with Crippen molar-refractivity contribution in [1.82, 2.24) is 20.4 Å². The molecule has 1 aromatic carbocycles. The zero-order valence-electron chi connectivity index (χ0n) is 16.4. The van der Waals surface area contributed by atoms with E-state index >= 15 is 0 Å². The predicted octanol–water partition coefficient (Wildman–Crippen LogP) is -0.417. The van der Waals surface area contributed by atoms with E-state index in [4.69, 9.17) is 14.2 Å². The molecule has 28 heavy (non-hydrogen) atoms. The van der Waals surface area contributed by atoms with Crippen molar-refractivity contribution in [3.8, 4) is 11.5 Å². The fourth-order valence-electron chi connectivity index (χ4n) is 3.21. The lowest BCUT2D eigenvalue weighted by atomic mass is 10.0. The molecule has 1 aromatic rings. The Hall–Kier alpha value is -2.36. The molecule has 0 saturated carbocycles. The second kappa shape index (κ2) is 9.72. The lowest BCUT2D eigenvalue weighted by Gasteiger charge is -2.34. The van der Waals surface area contributed by atoms with Gasteiger partial charge in [0.2, 0.25) is 6.79 Å². The molecule has 1 saturated heterocycles. The summed E-state index contributed by atoms with van der Waals surface area (Å²) < 4.78 is 16.3. The van der Waals surface area contributed by atoms with E-state index in [0.29, 0.717) is 44.3 Å². The van der Waals surface area contributed by atoms with Crippen molar-refractivity contribution in [2.75, 3.05) is 66.8 Å². The highest BCUT2D eigenvalue weighted by molar-refractivity contribution is 6.35. The van der Waals surface area contributed by atoms with Gasteiger partial charge in [-0.3, -0.25) is 14.5 Å². The number of likely N-dealkylation sites (N-methyl/N-ethyl adjacent to an activating group) is 1. The van der Waals surface area contributed by atoms with Crippen LogP contribution in [0.1, 0.15) is 11.6 Å². The zero-order valence-corrected chi connectivity index (χ0v) is 16.4. The number of benzene rings is 1. The maximum absolute atomic E-state index is 12.2. The molecule has 3 rings (SSSR count). The monoisotopic (exact) mass is 392 g/mol. The Morgan fingerprint density at radius 3 is 2.57 bits per heavy atom. The molecule has 9 heteroatoms. The molecule has 154 valence electrons. The molecule has 0 aromatic heterocycles. The average Bonchev–Trinajstić information content (AvgIpc) is 3.16. The van der Waals surface area contributed by atoms with Gasteiger partial charge in [0.25, 0.3) is 0 Å². The van der Waals surface area contributed by atoms with E-state index in [1.54, 1.807) is 0 Å². The first-order valence-corrected chi connectivity index (χ1v) is 9.46. The number of fused-ring (bicyclic) bond motifs is 1. The van der Waals surface area contributed by atoms with E-state index in [0.717, 1.165) is 18.7 Å². The smallest absolute Gasteiger partial charge is 0.309 e. The first kappa shape index (κ1) is 20.4. The summed E-state index contributed by atoms with van der Waals surface area (Å²) in [6, 6.07) is 5.70. The van der Waals surface area contributed by atoms with Crippen LogP contribution in [0.2, 0.25) is 0 Å². The number of amides is 2. The van der Waals surface area contributed by atoms with Crippen molar-refractivity contribution in [2.24, 2.45) is 0 Å². The minimum atomic E-state index is -0.627. The molecule has 0 radical (unpaired) electrons. The van der Waals surface area contributed by atoms with Gasteiger partial charge in [-0.2, -0.15) is 0 Å². The van der Waals surface area contributed by atoms with E-state index in [2.05, 4.69) is 15.5 Å². The van der Waals surface area contributed by atoms with Crippen LogP contribution in [0.15, 0.2) is 18.2 Å². The molecule has 0 aliphatic carbocycles. The number of hydrogen-bond acceptors (Lipinski definition) is 7. The third-order valence-electron chi connectivity index (χ3n) is 4.77. The quantitative estimate of drug-likeness (QED) is 0.609. The van der Waals surface area contributed by atoms with Gasteiger partial charge in [-0.1, -0.05) is 6.07 Å². The van der Waals surface area contributed by atoms with Crippen LogP contribution in [-0.4, -0.2) is 88.4 Å².